The lowest BCUT2D eigenvalue weighted by Crippen LogP contribution is -2.46. The summed E-state index contributed by atoms with van der Waals surface area (Å²) in [6.45, 7) is 3.70. The molecule has 6 heteroatoms. The van der Waals surface area contributed by atoms with Crippen LogP contribution in [0.25, 0.3) is 22.2 Å². The van der Waals surface area contributed by atoms with E-state index in [1.54, 1.807) is 0 Å². The number of aromatic nitrogens is 3. The number of hydrogen-bond donors (Lipinski definition) is 0. The fourth-order valence-corrected chi connectivity index (χ4v) is 4.84. The van der Waals surface area contributed by atoms with Crippen LogP contribution in [0.15, 0.2) is 73.2 Å². The maximum atomic E-state index is 12.2. The molecule has 2 aromatic carbocycles. The van der Waals surface area contributed by atoms with Gasteiger partial charge in [0.15, 0.2) is 0 Å². The highest BCUT2D eigenvalue weighted by Crippen LogP contribution is 2.33. The van der Waals surface area contributed by atoms with Crippen LogP contribution in [0, 0.1) is 5.92 Å². The molecule has 35 heavy (non-hydrogen) atoms. The fraction of sp³-hybridized carbons (Fsp3) is 0.310. The van der Waals surface area contributed by atoms with Crippen molar-refractivity contribution in [2.24, 2.45) is 5.92 Å². The maximum absolute atomic E-state index is 12.2. The summed E-state index contributed by atoms with van der Waals surface area (Å²) in [7, 11) is 0. The topological polar surface area (TPSA) is 62.2 Å². The van der Waals surface area contributed by atoms with Gasteiger partial charge in [-0.25, -0.2) is 4.98 Å². The molecule has 4 aromatic rings. The fourth-order valence-electron chi connectivity index (χ4n) is 4.84. The predicted octanol–water partition coefficient (Wildman–Crippen LogP) is 4.93. The quantitative estimate of drug-likeness (QED) is 0.387. The normalized spacial score (nSPS) is 16.0. The molecule has 2 fully saturated rings. The molecule has 0 bridgehead atoms. The number of nitrogens with zero attached hydrogens (tertiary/aromatic N) is 5. The summed E-state index contributed by atoms with van der Waals surface area (Å²) in [4.78, 5) is 30.6. The van der Waals surface area contributed by atoms with Crippen molar-refractivity contribution < 1.29 is 4.79 Å². The van der Waals surface area contributed by atoms with Crippen LogP contribution in [-0.4, -0.2) is 46.9 Å². The van der Waals surface area contributed by atoms with E-state index in [2.05, 4.69) is 68.3 Å². The van der Waals surface area contributed by atoms with Gasteiger partial charge >= 0.3 is 0 Å². The van der Waals surface area contributed by atoms with Crippen molar-refractivity contribution in [1.82, 2.24) is 15.0 Å². The van der Waals surface area contributed by atoms with Gasteiger partial charge < -0.3 is 9.80 Å². The summed E-state index contributed by atoms with van der Waals surface area (Å²) >= 11 is 0. The largest absolute Gasteiger partial charge is 0.368 e. The highest BCUT2D eigenvalue weighted by molar-refractivity contribution is 5.83. The number of pyridine rings is 1. The van der Waals surface area contributed by atoms with Gasteiger partial charge in [-0.1, -0.05) is 30.3 Å². The number of carbonyl (C=O) groups excluding carboxylic acids is 1. The van der Waals surface area contributed by atoms with E-state index in [4.69, 9.17) is 4.98 Å². The summed E-state index contributed by atoms with van der Waals surface area (Å²) < 4.78 is 0. The third-order valence-corrected chi connectivity index (χ3v) is 7.06. The van der Waals surface area contributed by atoms with Crippen LogP contribution < -0.4 is 9.80 Å². The minimum atomic E-state index is 0.357. The standard InChI is InChI=1S/C29H29N5O/c35-26(17-21-1-2-21)18-22-3-5-23(6-4-22)24-7-8-27-28(19-24)32-29(20-31-27)34-15-13-33(14-16-34)25-9-11-30-12-10-25/h3-12,19-21H,1-2,13-18H2. The molecule has 0 atom stereocenters. The molecule has 6 nitrogen and oxygen atoms in total. The van der Waals surface area contributed by atoms with Crippen LogP contribution in [0.1, 0.15) is 24.8 Å². The Labute approximate surface area is 205 Å². The van der Waals surface area contributed by atoms with Crippen molar-refractivity contribution in [1.29, 1.82) is 0 Å². The van der Waals surface area contributed by atoms with Gasteiger partial charge in [0.2, 0.25) is 0 Å². The molecule has 2 aromatic heterocycles. The highest BCUT2D eigenvalue weighted by atomic mass is 16.1. The highest BCUT2D eigenvalue weighted by Gasteiger charge is 2.24. The molecule has 0 radical (unpaired) electrons. The minimum absolute atomic E-state index is 0.357. The van der Waals surface area contributed by atoms with E-state index in [1.807, 2.05) is 24.7 Å². The molecular formula is C29H29N5O. The van der Waals surface area contributed by atoms with Crippen LogP contribution >= 0.6 is 0 Å². The van der Waals surface area contributed by atoms with Crippen LogP contribution in [0.5, 0.6) is 0 Å². The first kappa shape index (κ1) is 21.7. The van der Waals surface area contributed by atoms with Crippen LogP contribution in [-0.2, 0) is 11.2 Å². The number of piperazine rings is 1. The zero-order chi connectivity index (χ0) is 23.6. The van der Waals surface area contributed by atoms with Crippen molar-refractivity contribution in [2.75, 3.05) is 36.0 Å². The van der Waals surface area contributed by atoms with Gasteiger partial charge in [0, 0.05) is 57.1 Å². The van der Waals surface area contributed by atoms with E-state index in [1.165, 1.54) is 18.5 Å². The second-order valence-corrected chi connectivity index (χ2v) is 9.67. The monoisotopic (exact) mass is 463 g/mol. The van der Waals surface area contributed by atoms with Crippen LogP contribution in [0.2, 0.25) is 0 Å². The van der Waals surface area contributed by atoms with Gasteiger partial charge in [0.25, 0.3) is 0 Å². The SMILES string of the molecule is O=C(Cc1ccc(-c2ccc3ncc(N4CCN(c5ccncc5)CC4)nc3c2)cc1)CC1CC1. The minimum Gasteiger partial charge on any atom is -0.368 e. The first-order valence-corrected chi connectivity index (χ1v) is 12.5. The number of anilines is 2. The third-order valence-electron chi connectivity index (χ3n) is 7.06. The van der Waals surface area contributed by atoms with Gasteiger partial charge in [-0.15, -0.1) is 0 Å². The zero-order valence-electron chi connectivity index (χ0n) is 19.8. The van der Waals surface area contributed by atoms with E-state index in [0.29, 0.717) is 18.1 Å². The molecule has 6 rings (SSSR count). The van der Waals surface area contributed by atoms with Crippen LogP contribution in [0.3, 0.4) is 0 Å². The van der Waals surface area contributed by atoms with Crippen molar-refractivity contribution >= 4 is 28.3 Å². The van der Waals surface area contributed by atoms with Crippen molar-refractivity contribution in [3.8, 4) is 11.1 Å². The van der Waals surface area contributed by atoms with Gasteiger partial charge in [0.1, 0.15) is 11.6 Å². The molecule has 1 aliphatic heterocycles. The Bertz CT molecular complexity index is 1330. The molecule has 1 aliphatic carbocycles. The Balaban J connectivity index is 1.15. The Morgan fingerprint density at radius 1 is 0.829 bits per heavy atom. The molecular weight excluding hydrogens is 434 g/mol. The molecule has 0 unspecified atom stereocenters. The average molecular weight is 464 g/mol. The number of hydrogen-bond acceptors (Lipinski definition) is 6. The molecule has 1 saturated carbocycles. The molecule has 2 aliphatic rings. The van der Waals surface area contributed by atoms with E-state index in [0.717, 1.165) is 66.1 Å². The molecule has 0 spiro atoms. The summed E-state index contributed by atoms with van der Waals surface area (Å²) in [5.74, 6) is 1.93. The van der Waals surface area contributed by atoms with E-state index in [-0.39, 0.29) is 0 Å². The zero-order valence-corrected chi connectivity index (χ0v) is 19.8. The molecule has 1 saturated heterocycles. The van der Waals surface area contributed by atoms with E-state index in [9.17, 15) is 4.79 Å². The molecule has 0 N–H and O–H groups in total. The number of fused-ring (bicyclic) bond motifs is 1. The summed E-state index contributed by atoms with van der Waals surface area (Å²) in [5.41, 5.74) is 6.35. The first-order valence-electron chi connectivity index (χ1n) is 12.5. The smallest absolute Gasteiger partial charge is 0.147 e. The lowest BCUT2D eigenvalue weighted by molar-refractivity contribution is -0.118. The number of ketones is 1. The van der Waals surface area contributed by atoms with E-state index < -0.39 is 0 Å². The molecule has 0 amide bonds. The molecule has 3 heterocycles. The Morgan fingerprint density at radius 3 is 2.29 bits per heavy atom. The van der Waals surface area contributed by atoms with E-state index >= 15 is 0 Å². The first-order chi connectivity index (χ1) is 17.2. The number of carbonyl (C=O) groups is 1. The van der Waals surface area contributed by atoms with Crippen molar-refractivity contribution in [3.05, 3.63) is 78.8 Å². The summed E-state index contributed by atoms with van der Waals surface area (Å²) in [5, 5.41) is 0. The lowest BCUT2D eigenvalue weighted by Gasteiger charge is -2.36. The predicted molar refractivity (Wildman–Crippen MR) is 140 cm³/mol. The van der Waals surface area contributed by atoms with Crippen LogP contribution in [0.4, 0.5) is 11.5 Å². The van der Waals surface area contributed by atoms with Crippen molar-refractivity contribution in [3.63, 3.8) is 0 Å². The number of rotatable bonds is 7. The Kier molecular flexibility index (Phi) is 5.86. The second kappa shape index (κ2) is 9.45. The average Bonchev–Trinajstić information content (AvgIpc) is 3.73. The third kappa shape index (κ3) is 5.02. The second-order valence-electron chi connectivity index (χ2n) is 9.67. The maximum Gasteiger partial charge on any atom is 0.147 e. The van der Waals surface area contributed by atoms with Gasteiger partial charge in [-0.2, -0.15) is 0 Å². The Hall–Kier alpha value is -3.80. The van der Waals surface area contributed by atoms with Gasteiger partial charge in [-0.3, -0.25) is 14.8 Å². The Morgan fingerprint density at radius 2 is 1.54 bits per heavy atom. The lowest BCUT2D eigenvalue weighted by atomic mass is 10.00. The van der Waals surface area contributed by atoms with Crippen molar-refractivity contribution in [2.45, 2.75) is 25.7 Å². The van der Waals surface area contributed by atoms with Gasteiger partial charge in [0.05, 0.1) is 17.2 Å². The molecule has 176 valence electrons. The number of benzene rings is 2. The number of Topliss-reactive ketones (excluding diaryl/α,β-unsaturated/α-hetero) is 1. The van der Waals surface area contributed by atoms with Gasteiger partial charge in [-0.05, 0) is 59.7 Å². The summed E-state index contributed by atoms with van der Waals surface area (Å²) in [6.07, 6.45) is 9.30. The summed E-state index contributed by atoms with van der Waals surface area (Å²) in [6, 6.07) is 18.7.